The van der Waals surface area contributed by atoms with E-state index in [9.17, 15) is 9.90 Å². The quantitative estimate of drug-likeness (QED) is 0.344. The van der Waals surface area contributed by atoms with Crippen molar-refractivity contribution in [2.45, 2.75) is 25.4 Å². The number of rotatable bonds is 7. The zero-order valence-corrected chi connectivity index (χ0v) is 10.8. The van der Waals surface area contributed by atoms with Crippen LogP contribution in [0.1, 0.15) is 13.2 Å². The molecule has 20 heavy (non-hydrogen) atoms. The van der Waals surface area contributed by atoms with Crippen molar-refractivity contribution in [3.8, 4) is 0 Å². The van der Waals surface area contributed by atoms with E-state index in [2.05, 4.69) is 15.0 Å². The lowest BCUT2D eigenvalue weighted by Gasteiger charge is -2.25. The number of aromatic nitrogens is 2. The predicted molar refractivity (Wildman–Crippen MR) is 69.6 cm³/mol. The summed E-state index contributed by atoms with van der Waals surface area (Å²) < 4.78 is 6.45. The highest BCUT2D eigenvalue weighted by atomic mass is 16.5. The largest absolute Gasteiger partial charge is 0.394 e. The van der Waals surface area contributed by atoms with Gasteiger partial charge in [0.2, 0.25) is 0 Å². The summed E-state index contributed by atoms with van der Waals surface area (Å²) in [6.07, 6.45) is -1.57. The molecule has 10 heteroatoms. The molecule has 0 saturated carbocycles. The molecule has 10 nitrogen and oxygen atoms in total. The molecule has 0 radical (unpaired) electrons. The first kappa shape index (κ1) is 15.9. The van der Waals surface area contributed by atoms with E-state index < -0.39 is 30.7 Å². The minimum Gasteiger partial charge on any atom is -0.394 e. The van der Waals surface area contributed by atoms with Gasteiger partial charge in [0.25, 0.3) is 0 Å². The molecular formula is C10H16N6O4. The minimum atomic E-state index is -1.00. The molecule has 110 valence electrons. The fraction of sp³-hybridized carbons (Fsp3) is 0.600. The van der Waals surface area contributed by atoms with Crippen LogP contribution in [0.4, 0.5) is 5.82 Å². The average Bonchev–Trinajstić information content (AvgIpc) is 2.39. The molecule has 0 saturated heterocycles. The summed E-state index contributed by atoms with van der Waals surface area (Å²) in [5, 5.41) is 21.9. The van der Waals surface area contributed by atoms with E-state index in [0.29, 0.717) is 0 Å². The Hall–Kier alpha value is -2.13. The Bertz CT molecular complexity index is 539. The number of hydrogen-bond acceptors (Lipinski definition) is 7. The van der Waals surface area contributed by atoms with Gasteiger partial charge in [-0.15, -0.1) is 0 Å². The van der Waals surface area contributed by atoms with Gasteiger partial charge in [-0.05, 0) is 18.5 Å². The van der Waals surface area contributed by atoms with Crippen molar-refractivity contribution >= 4 is 5.82 Å². The van der Waals surface area contributed by atoms with Gasteiger partial charge in [0.05, 0.1) is 19.3 Å². The number of nitrogens with zero attached hydrogens (tertiary/aromatic N) is 5. The van der Waals surface area contributed by atoms with E-state index in [1.54, 1.807) is 0 Å². The van der Waals surface area contributed by atoms with Crippen LogP contribution in [0, 0.1) is 0 Å². The maximum atomic E-state index is 11.7. The molecule has 1 aromatic rings. The maximum absolute atomic E-state index is 11.7. The second-order valence-corrected chi connectivity index (χ2v) is 4.01. The molecule has 0 bridgehead atoms. The van der Waals surface area contributed by atoms with Gasteiger partial charge < -0.3 is 20.7 Å². The Morgan fingerprint density at radius 2 is 2.40 bits per heavy atom. The van der Waals surface area contributed by atoms with Crippen molar-refractivity contribution in [2.75, 3.05) is 18.9 Å². The summed E-state index contributed by atoms with van der Waals surface area (Å²) in [5.74, 6) is 0.0445. The van der Waals surface area contributed by atoms with Crippen LogP contribution in [0.2, 0.25) is 0 Å². The van der Waals surface area contributed by atoms with Crippen LogP contribution in [-0.4, -0.2) is 45.1 Å². The maximum Gasteiger partial charge on any atom is 0.351 e. The molecule has 0 aliphatic carbocycles. The second-order valence-electron chi connectivity index (χ2n) is 4.01. The molecule has 0 spiro atoms. The monoisotopic (exact) mass is 284 g/mol. The third-order valence-electron chi connectivity index (χ3n) is 2.51. The number of nitrogen functional groups attached to an aromatic ring is 1. The van der Waals surface area contributed by atoms with Crippen LogP contribution in [0.5, 0.6) is 0 Å². The third kappa shape index (κ3) is 4.21. The molecule has 1 aromatic heterocycles. The van der Waals surface area contributed by atoms with Gasteiger partial charge in [-0.1, -0.05) is 5.11 Å². The van der Waals surface area contributed by atoms with Gasteiger partial charge in [-0.2, -0.15) is 4.98 Å². The second kappa shape index (κ2) is 7.46. The minimum absolute atomic E-state index is 0.0445. The summed E-state index contributed by atoms with van der Waals surface area (Å²) in [5.41, 5.74) is 13.0. The van der Waals surface area contributed by atoms with Crippen LogP contribution in [0.3, 0.4) is 0 Å². The molecular weight excluding hydrogens is 268 g/mol. The lowest BCUT2D eigenvalue weighted by Crippen LogP contribution is -2.37. The summed E-state index contributed by atoms with van der Waals surface area (Å²) in [6, 6.07) is 1.38. The molecule has 0 amide bonds. The fourth-order valence-corrected chi connectivity index (χ4v) is 1.46. The summed E-state index contributed by atoms with van der Waals surface area (Å²) in [7, 11) is 0. The zero-order valence-electron chi connectivity index (χ0n) is 10.8. The number of aliphatic hydroxyl groups is 2. The van der Waals surface area contributed by atoms with Gasteiger partial charge in [0, 0.05) is 11.1 Å². The van der Waals surface area contributed by atoms with Crippen LogP contribution < -0.4 is 11.4 Å². The first-order valence-electron chi connectivity index (χ1n) is 5.79. The van der Waals surface area contributed by atoms with E-state index >= 15 is 0 Å². The Morgan fingerprint density at radius 3 is 2.90 bits per heavy atom. The zero-order chi connectivity index (χ0) is 15.1. The molecule has 0 fully saturated rings. The van der Waals surface area contributed by atoms with Gasteiger partial charge in [0.1, 0.15) is 18.1 Å². The number of hydrogen-bond donors (Lipinski definition) is 3. The molecule has 0 aromatic carbocycles. The van der Waals surface area contributed by atoms with Crippen LogP contribution in [0.25, 0.3) is 10.4 Å². The normalized spacial score (nSPS) is 15.2. The number of ether oxygens (including phenoxy) is 1. The number of azide groups is 1. The number of nitrogens with two attached hydrogens (primary N) is 1. The number of aliphatic hydroxyl groups excluding tert-OH is 2. The SMILES string of the molecule is CC(O)[C@@H](CO)O[C@@H](CN=[N+]=[N-])n1ccc(N)nc1=O. The molecule has 1 heterocycles. The smallest absolute Gasteiger partial charge is 0.351 e. The van der Waals surface area contributed by atoms with Crippen molar-refractivity contribution in [1.29, 1.82) is 0 Å². The molecule has 0 aliphatic rings. The van der Waals surface area contributed by atoms with Crippen molar-refractivity contribution < 1.29 is 14.9 Å². The molecule has 0 aliphatic heterocycles. The van der Waals surface area contributed by atoms with E-state index in [0.717, 1.165) is 4.57 Å². The topological polar surface area (TPSA) is 159 Å². The van der Waals surface area contributed by atoms with E-state index in [1.807, 2.05) is 0 Å². The van der Waals surface area contributed by atoms with Crippen LogP contribution >= 0.6 is 0 Å². The Morgan fingerprint density at radius 1 is 1.70 bits per heavy atom. The highest BCUT2D eigenvalue weighted by molar-refractivity contribution is 5.23. The van der Waals surface area contributed by atoms with Gasteiger partial charge in [-0.3, -0.25) is 4.57 Å². The predicted octanol–water partition coefficient (Wildman–Crippen LogP) is -0.607. The number of anilines is 1. The standard InChI is InChI=1S/C10H16N6O4/c1-6(18)7(5-17)20-9(4-13-15-12)16-3-2-8(11)14-10(16)19/h2-3,6-7,9,17-18H,4-5H2,1H3,(H2,11,14,19)/t6?,7-,9+/m1/s1. The molecule has 4 N–H and O–H groups in total. The van der Waals surface area contributed by atoms with E-state index in [4.69, 9.17) is 21.1 Å². The van der Waals surface area contributed by atoms with Gasteiger partial charge in [0.15, 0.2) is 0 Å². The van der Waals surface area contributed by atoms with E-state index in [1.165, 1.54) is 19.2 Å². The summed E-state index contributed by atoms with van der Waals surface area (Å²) in [6.45, 7) is 0.766. The first-order chi connectivity index (χ1) is 9.49. The van der Waals surface area contributed by atoms with Gasteiger partial charge >= 0.3 is 5.69 Å². The summed E-state index contributed by atoms with van der Waals surface area (Å²) >= 11 is 0. The Balaban J connectivity index is 3.05. The molecule has 3 atom stereocenters. The van der Waals surface area contributed by atoms with Crippen molar-refractivity contribution in [1.82, 2.24) is 9.55 Å². The average molecular weight is 284 g/mol. The Kier molecular flexibility index (Phi) is 5.94. The highest BCUT2D eigenvalue weighted by Gasteiger charge is 2.22. The summed E-state index contributed by atoms with van der Waals surface area (Å²) in [4.78, 5) is 17.8. The van der Waals surface area contributed by atoms with Crippen molar-refractivity contribution in [3.05, 3.63) is 33.2 Å². The van der Waals surface area contributed by atoms with Crippen LogP contribution in [-0.2, 0) is 4.74 Å². The third-order valence-corrected chi connectivity index (χ3v) is 2.51. The van der Waals surface area contributed by atoms with Crippen molar-refractivity contribution in [3.63, 3.8) is 0 Å². The van der Waals surface area contributed by atoms with Crippen LogP contribution in [0.15, 0.2) is 22.2 Å². The highest BCUT2D eigenvalue weighted by Crippen LogP contribution is 2.13. The Labute approximate surface area is 114 Å². The lowest BCUT2D eigenvalue weighted by atomic mass is 10.2. The fourth-order valence-electron chi connectivity index (χ4n) is 1.46. The molecule has 1 unspecified atom stereocenters. The lowest BCUT2D eigenvalue weighted by molar-refractivity contribution is -0.116. The molecule has 1 rings (SSSR count). The van der Waals surface area contributed by atoms with Gasteiger partial charge in [-0.25, -0.2) is 4.79 Å². The van der Waals surface area contributed by atoms with E-state index in [-0.39, 0.29) is 12.4 Å². The van der Waals surface area contributed by atoms with Crippen molar-refractivity contribution in [2.24, 2.45) is 5.11 Å². The first-order valence-corrected chi connectivity index (χ1v) is 5.79.